The maximum absolute atomic E-state index is 10.8. The zero-order valence-corrected chi connectivity index (χ0v) is 10.7. The smallest absolute Gasteiger partial charge is 0.302 e. The molecule has 92 valence electrons. The van der Waals surface area contributed by atoms with Gasteiger partial charge in [0, 0.05) is 30.2 Å². The number of benzene rings is 1. The number of hydrogen-bond donors (Lipinski definition) is 1. The van der Waals surface area contributed by atoms with Crippen LogP contribution in [0.3, 0.4) is 0 Å². The monoisotopic (exact) mass is 253 g/mol. The fourth-order valence-electron chi connectivity index (χ4n) is 1.18. The van der Waals surface area contributed by atoms with E-state index < -0.39 is 0 Å². The average Bonchev–Trinajstić information content (AvgIpc) is 2.25. The second kappa shape index (κ2) is 6.96. The van der Waals surface area contributed by atoms with Crippen molar-refractivity contribution in [3.63, 3.8) is 0 Å². The minimum atomic E-state index is -0.258. The minimum absolute atomic E-state index is 0.0831. The van der Waals surface area contributed by atoms with Crippen molar-refractivity contribution in [2.45, 2.75) is 18.7 Å². The van der Waals surface area contributed by atoms with Gasteiger partial charge in [0.05, 0.1) is 0 Å². The predicted molar refractivity (Wildman–Crippen MR) is 68.1 cm³/mol. The van der Waals surface area contributed by atoms with Crippen LogP contribution in [0.2, 0.25) is 0 Å². The summed E-state index contributed by atoms with van der Waals surface area (Å²) in [6, 6.07) is 7.53. The Kier molecular flexibility index (Phi) is 5.56. The lowest BCUT2D eigenvalue weighted by Gasteiger charge is -2.04. The number of rotatable bonds is 5. The molecule has 0 bridgehead atoms. The van der Waals surface area contributed by atoms with Gasteiger partial charge in [-0.25, -0.2) is 0 Å². The summed E-state index contributed by atoms with van der Waals surface area (Å²) in [4.78, 5) is 22.4. The van der Waals surface area contributed by atoms with Crippen molar-refractivity contribution in [3.05, 3.63) is 24.3 Å². The third kappa shape index (κ3) is 5.97. The average molecular weight is 253 g/mol. The summed E-state index contributed by atoms with van der Waals surface area (Å²) < 4.78 is 4.82. The molecule has 4 nitrogen and oxygen atoms in total. The van der Waals surface area contributed by atoms with E-state index in [0.29, 0.717) is 6.61 Å². The Morgan fingerprint density at radius 2 is 1.88 bits per heavy atom. The van der Waals surface area contributed by atoms with Gasteiger partial charge in [0.1, 0.15) is 6.61 Å². The van der Waals surface area contributed by atoms with Crippen LogP contribution in [0.25, 0.3) is 0 Å². The molecule has 0 aromatic heterocycles. The highest BCUT2D eigenvalue weighted by Crippen LogP contribution is 2.20. The second-order valence-corrected chi connectivity index (χ2v) is 4.56. The molecule has 0 unspecified atom stereocenters. The maximum atomic E-state index is 10.8. The Hall–Kier alpha value is -1.49. The van der Waals surface area contributed by atoms with Crippen LogP contribution in [0.1, 0.15) is 13.8 Å². The van der Waals surface area contributed by atoms with E-state index in [2.05, 4.69) is 5.32 Å². The number of ether oxygens (including phenoxy) is 1. The normalized spacial score (nSPS) is 9.76. The van der Waals surface area contributed by atoms with Gasteiger partial charge in [-0.05, 0) is 24.3 Å². The number of thioether (sulfide) groups is 1. The lowest BCUT2D eigenvalue weighted by atomic mass is 10.3. The summed E-state index contributed by atoms with van der Waals surface area (Å²) in [5.41, 5.74) is 0.779. The summed E-state index contributed by atoms with van der Waals surface area (Å²) in [6.07, 6.45) is 0. The number of hydrogen-bond acceptors (Lipinski definition) is 4. The molecule has 0 aliphatic carbocycles. The molecule has 0 aliphatic rings. The van der Waals surface area contributed by atoms with Crippen LogP contribution in [0, 0.1) is 0 Å². The molecule has 0 saturated heterocycles. The van der Waals surface area contributed by atoms with E-state index in [1.807, 2.05) is 24.3 Å². The highest BCUT2D eigenvalue weighted by molar-refractivity contribution is 7.99. The lowest BCUT2D eigenvalue weighted by molar-refractivity contribution is -0.140. The first kappa shape index (κ1) is 13.6. The second-order valence-electron chi connectivity index (χ2n) is 3.39. The number of carbonyl (C=O) groups excluding carboxylic acids is 2. The highest BCUT2D eigenvalue weighted by atomic mass is 32.2. The van der Waals surface area contributed by atoms with Gasteiger partial charge in [0.15, 0.2) is 0 Å². The topological polar surface area (TPSA) is 55.4 Å². The number of amides is 1. The third-order valence-corrected chi connectivity index (χ3v) is 2.81. The molecular weight excluding hydrogens is 238 g/mol. The van der Waals surface area contributed by atoms with Gasteiger partial charge in [-0.3, -0.25) is 9.59 Å². The third-order valence-electron chi connectivity index (χ3n) is 1.83. The molecule has 0 spiro atoms. The van der Waals surface area contributed by atoms with Gasteiger partial charge in [0.2, 0.25) is 5.91 Å². The van der Waals surface area contributed by atoms with Crippen LogP contribution in [0.15, 0.2) is 29.2 Å². The van der Waals surface area contributed by atoms with Crippen molar-refractivity contribution in [1.29, 1.82) is 0 Å². The summed E-state index contributed by atoms with van der Waals surface area (Å²) in [7, 11) is 0. The van der Waals surface area contributed by atoms with E-state index in [9.17, 15) is 9.59 Å². The number of anilines is 1. The number of esters is 1. The SMILES string of the molecule is CC(=O)Nc1ccc(SCCOC(C)=O)cc1. The Bertz CT molecular complexity index is 389. The molecule has 1 aromatic carbocycles. The van der Waals surface area contributed by atoms with Gasteiger partial charge >= 0.3 is 5.97 Å². The molecule has 0 aliphatic heterocycles. The Morgan fingerprint density at radius 3 is 2.41 bits per heavy atom. The van der Waals surface area contributed by atoms with Crippen molar-refractivity contribution in [2.75, 3.05) is 17.7 Å². The molecule has 1 rings (SSSR count). The first-order chi connectivity index (χ1) is 8.08. The van der Waals surface area contributed by atoms with Gasteiger partial charge < -0.3 is 10.1 Å². The molecule has 0 heterocycles. The first-order valence-electron chi connectivity index (χ1n) is 5.22. The minimum Gasteiger partial charge on any atom is -0.465 e. The van der Waals surface area contributed by atoms with E-state index in [-0.39, 0.29) is 11.9 Å². The van der Waals surface area contributed by atoms with Crippen LogP contribution in [0.4, 0.5) is 5.69 Å². The summed E-state index contributed by atoms with van der Waals surface area (Å²) >= 11 is 1.60. The number of nitrogens with one attached hydrogen (secondary N) is 1. The van der Waals surface area contributed by atoms with Crippen molar-refractivity contribution in [3.8, 4) is 0 Å². The molecule has 0 radical (unpaired) electrons. The van der Waals surface area contributed by atoms with E-state index in [0.717, 1.165) is 16.3 Å². The molecular formula is C12H15NO3S. The van der Waals surface area contributed by atoms with Gasteiger partial charge in [0.25, 0.3) is 0 Å². The van der Waals surface area contributed by atoms with Gasteiger partial charge in [-0.15, -0.1) is 11.8 Å². The van der Waals surface area contributed by atoms with Crippen LogP contribution in [-0.4, -0.2) is 24.2 Å². The standard InChI is InChI=1S/C12H15NO3S/c1-9(14)13-11-3-5-12(6-4-11)17-8-7-16-10(2)15/h3-6H,7-8H2,1-2H3,(H,13,14). The Morgan fingerprint density at radius 1 is 1.24 bits per heavy atom. The van der Waals surface area contributed by atoms with Gasteiger partial charge in [-0.1, -0.05) is 0 Å². The van der Waals surface area contributed by atoms with Crippen molar-refractivity contribution >= 4 is 29.3 Å². The van der Waals surface area contributed by atoms with Gasteiger partial charge in [-0.2, -0.15) is 0 Å². The predicted octanol–water partition coefficient (Wildman–Crippen LogP) is 2.30. The zero-order chi connectivity index (χ0) is 12.7. The lowest BCUT2D eigenvalue weighted by Crippen LogP contribution is -2.05. The quantitative estimate of drug-likeness (QED) is 0.497. The fourth-order valence-corrected chi connectivity index (χ4v) is 1.91. The fraction of sp³-hybridized carbons (Fsp3) is 0.333. The van der Waals surface area contributed by atoms with Crippen LogP contribution < -0.4 is 5.32 Å². The Balaban J connectivity index is 2.35. The van der Waals surface area contributed by atoms with Crippen LogP contribution in [0.5, 0.6) is 0 Å². The molecule has 5 heteroatoms. The highest BCUT2D eigenvalue weighted by Gasteiger charge is 1.98. The van der Waals surface area contributed by atoms with Crippen LogP contribution >= 0.6 is 11.8 Å². The van der Waals surface area contributed by atoms with Crippen molar-refractivity contribution in [1.82, 2.24) is 0 Å². The van der Waals surface area contributed by atoms with E-state index in [1.54, 1.807) is 11.8 Å². The summed E-state index contributed by atoms with van der Waals surface area (Å²) in [5, 5.41) is 2.70. The van der Waals surface area contributed by atoms with Crippen molar-refractivity contribution < 1.29 is 14.3 Å². The molecule has 0 saturated carbocycles. The first-order valence-corrected chi connectivity index (χ1v) is 6.20. The molecule has 1 N–H and O–H groups in total. The van der Waals surface area contributed by atoms with E-state index in [1.165, 1.54) is 13.8 Å². The Labute approximate surface area is 105 Å². The molecule has 17 heavy (non-hydrogen) atoms. The molecule has 1 amide bonds. The van der Waals surface area contributed by atoms with E-state index in [4.69, 9.17) is 4.74 Å². The molecule has 0 fully saturated rings. The number of carbonyl (C=O) groups is 2. The largest absolute Gasteiger partial charge is 0.465 e. The zero-order valence-electron chi connectivity index (χ0n) is 9.86. The summed E-state index contributed by atoms with van der Waals surface area (Å²) in [6.45, 7) is 3.28. The molecule has 0 atom stereocenters. The molecule has 1 aromatic rings. The van der Waals surface area contributed by atoms with Crippen LogP contribution in [-0.2, 0) is 14.3 Å². The summed E-state index contributed by atoms with van der Waals surface area (Å²) in [5.74, 6) is 0.380. The van der Waals surface area contributed by atoms with E-state index >= 15 is 0 Å². The van der Waals surface area contributed by atoms with Crippen molar-refractivity contribution in [2.24, 2.45) is 0 Å². The maximum Gasteiger partial charge on any atom is 0.302 e.